The molecule has 0 fully saturated rings. The Balaban J connectivity index is 4.41. The molecule has 12 heavy (non-hydrogen) atoms. The lowest BCUT2D eigenvalue weighted by molar-refractivity contribution is 0.588. The molecule has 0 amide bonds. The average Bonchev–Trinajstić information content (AvgIpc) is 1.82. The maximum absolute atomic E-state index is 11.8. The van der Waals surface area contributed by atoms with E-state index in [2.05, 4.69) is 0 Å². The van der Waals surface area contributed by atoms with Gasteiger partial charge in [0.25, 0.3) is 0 Å². The van der Waals surface area contributed by atoms with E-state index in [9.17, 15) is 4.21 Å². The number of hydrogen-bond acceptors (Lipinski definition) is 2. The van der Waals surface area contributed by atoms with Gasteiger partial charge in [0.1, 0.15) is 0 Å². The Kier molecular flexibility index (Phi) is 4.24. The molecule has 0 aliphatic carbocycles. The van der Waals surface area contributed by atoms with E-state index in [1.807, 2.05) is 34.6 Å². The quantitative estimate of drug-likeness (QED) is 0.729. The Hall–Kier alpha value is -0.0500. The van der Waals surface area contributed by atoms with Crippen LogP contribution in [0.15, 0.2) is 0 Å². The van der Waals surface area contributed by atoms with Crippen LogP contribution in [0.3, 0.4) is 0 Å². The highest BCUT2D eigenvalue weighted by Crippen LogP contribution is 2.15. The molecule has 0 unspecified atom stereocenters. The smallest absolute Gasteiger partial charge is 0.0472 e. The van der Waals surface area contributed by atoms with Crippen molar-refractivity contribution < 1.29 is 4.21 Å². The molecule has 0 saturated carbocycles. The highest BCUT2D eigenvalue weighted by atomic mass is 32.2. The fraction of sp³-hybridized carbons (Fsp3) is 1.00. The van der Waals surface area contributed by atoms with Gasteiger partial charge in [0.2, 0.25) is 0 Å². The van der Waals surface area contributed by atoms with Crippen LogP contribution in [0, 0.1) is 16.6 Å². The molecule has 0 bridgehead atoms. The third-order valence-electron chi connectivity index (χ3n) is 2.12. The van der Waals surface area contributed by atoms with Crippen LogP contribution in [-0.4, -0.2) is 15.2 Å². The first-order valence-electron chi connectivity index (χ1n) is 4.52. The van der Waals surface area contributed by atoms with Crippen molar-refractivity contribution in [1.29, 1.82) is 4.78 Å². The van der Waals surface area contributed by atoms with Crippen LogP contribution in [0.2, 0.25) is 0 Å². The van der Waals surface area contributed by atoms with Crippen molar-refractivity contribution in [2.24, 2.45) is 11.8 Å². The van der Waals surface area contributed by atoms with Crippen LogP contribution in [-0.2, 0) is 9.73 Å². The maximum Gasteiger partial charge on any atom is 0.0472 e. The van der Waals surface area contributed by atoms with Crippen LogP contribution in [0.25, 0.3) is 0 Å². The van der Waals surface area contributed by atoms with Crippen molar-refractivity contribution in [2.45, 2.75) is 39.9 Å². The molecule has 0 aliphatic rings. The second-order valence-electron chi connectivity index (χ2n) is 4.24. The first kappa shape index (κ1) is 11.9. The third-order valence-corrected chi connectivity index (χ3v) is 5.03. The average molecular weight is 191 g/mol. The molecule has 0 aromatic rings. The zero-order valence-corrected chi connectivity index (χ0v) is 9.57. The van der Waals surface area contributed by atoms with Gasteiger partial charge in [-0.1, -0.05) is 27.7 Å². The van der Waals surface area contributed by atoms with Crippen molar-refractivity contribution in [2.75, 3.05) is 5.75 Å². The van der Waals surface area contributed by atoms with E-state index < -0.39 is 9.73 Å². The number of hydrogen-bond donors (Lipinski definition) is 1. The lowest BCUT2D eigenvalue weighted by Crippen LogP contribution is -2.26. The third kappa shape index (κ3) is 3.57. The summed E-state index contributed by atoms with van der Waals surface area (Å²) >= 11 is 0. The van der Waals surface area contributed by atoms with Crippen LogP contribution >= 0.6 is 0 Å². The molecule has 2 nitrogen and oxygen atoms in total. The van der Waals surface area contributed by atoms with Crippen molar-refractivity contribution >= 4 is 9.73 Å². The number of nitrogens with one attached hydrogen (secondary N) is 1. The summed E-state index contributed by atoms with van der Waals surface area (Å²) in [5.74, 6) is 1.23. The summed E-state index contributed by atoms with van der Waals surface area (Å²) in [7, 11) is -2.36. The fourth-order valence-corrected chi connectivity index (χ4v) is 3.26. The van der Waals surface area contributed by atoms with Crippen LogP contribution in [0.4, 0.5) is 0 Å². The van der Waals surface area contributed by atoms with Crippen molar-refractivity contribution in [3.63, 3.8) is 0 Å². The van der Waals surface area contributed by atoms with Crippen LogP contribution < -0.4 is 0 Å². The summed E-state index contributed by atoms with van der Waals surface area (Å²) in [6.45, 7) is 10.0. The topological polar surface area (TPSA) is 40.9 Å². The molecule has 0 rings (SSSR count). The monoisotopic (exact) mass is 191 g/mol. The molecular formula is C9H21NOS. The molecule has 3 heteroatoms. The summed E-state index contributed by atoms with van der Waals surface area (Å²) in [6.07, 6.45) is 0. The van der Waals surface area contributed by atoms with Gasteiger partial charge >= 0.3 is 0 Å². The minimum absolute atomic E-state index is 0.0138. The zero-order valence-electron chi connectivity index (χ0n) is 8.76. The van der Waals surface area contributed by atoms with Gasteiger partial charge in [-0.15, -0.1) is 0 Å². The molecule has 0 aliphatic heterocycles. The number of rotatable bonds is 4. The predicted octanol–water partition coefficient (Wildman–Crippen LogP) is 2.73. The molecule has 2 atom stereocenters. The van der Waals surface area contributed by atoms with Crippen molar-refractivity contribution in [3.05, 3.63) is 0 Å². The van der Waals surface area contributed by atoms with Crippen molar-refractivity contribution in [1.82, 2.24) is 0 Å². The van der Waals surface area contributed by atoms with Gasteiger partial charge in [-0.05, 0) is 18.8 Å². The standard InChI is InChI=1S/C9H21NOS/c1-7(2)6-12(10,11)9(5)8(3)4/h7-10H,6H2,1-5H3/t9-,12+/m1/s1. The zero-order chi connectivity index (χ0) is 9.94. The molecular weight excluding hydrogens is 170 g/mol. The molecule has 0 spiro atoms. The summed E-state index contributed by atoms with van der Waals surface area (Å²) < 4.78 is 19.5. The van der Waals surface area contributed by atoms with E-state index in [1.54, 1.807) is 0 Å². The van der Waals surface area contributed by atoms with Gasteiger partial charge in [0.15, 0.2) is 0 Å². The van der Waals surface area contributed by atoms with E-state index in [4.69, 9.17) is 4.78 Å². The Morgan fingerprint density at radius 2 is 1.58 bits per heavy atom. The van der Waals surface area contributed by atoms with E-state index in [1.165, 1.54) is 0 Å². The Labute approximate surface area is 76.7 Å². The Bertz CT molecular complexity index is 217. The van der Waals surface area contributed by atoms with Gasteiger partial charge in [-0.3, -0.25) is 4.78 Å². The first-order chi connectivity index (χ1) is 5.27. The molecule has 0 heterocycles. The van der Waals surface area contributed by atoms with Gasteiger partial charge in [0.05, 0.1) is 0 Å². The van der Waals surface area contributed by atoms with Gasteiger partial charge in [0, 0.05) is 20.7 Å². The van der Waals surface area contributed by atoms with Gasteiger partial charge in [-0.2, -0.15) is 0 Å². The Morgan fingerprint density at radius 1 is 1.17 bits per heavy atom. The first-order valence-corrected chi connectivity index (χ1v) is 6.31. The summed E-state index contributed by atoms with van der Waals surface area (Å²) in [6, 6.07) is 0. The lowest BCUT2D eigenvalue weighted by atomic mass is 10.2. The summed E-state index contributed by atoms with van der Waals surface area (Å²) in [5.41, 5.74) is 0. The SMILES string of the molecule is CC(C)C[S@](=N)(=O)[C@H](C)C(C)C. The lowest BCUT2D eigenvalue weighted by Gasteiger charge is -2.20. The van der Waals surface area contributed by atoms with Gasteiger partial charge < -0.3 is 0 Å². The van der Waals surface area contributed by atoms with Gasteiger partial charge in [-0.25, -0.2) is 4.21 Å². The normalized spacial score (nSPS) is 19.6. The molecule has 0 radical (unpaired) electrons. The molecule has 0 saturated heterocycles. The largest absolute Gasteiger partial charge is 0.253 e. The summed E-state index contributed by atoms with van der Waals surface area (Å²) in [5, 5.41) is 0.0138. The highest BCUT2D eigenvalue weighted by molar-refractivity contribution is 7.93. The summed E-state index contributed by atoms with van der Waals surface area (Å²) in [4.78, 5) is 0. The molecule has 0 aromatic heterocycles. The highest BCUT2D eigenvalue weighted by Gasteiger charge is 2.20. The fourth-order valence-electron chi connectivity index (χ4n) is 1.09. The predicted molar refractivity (Wildman–Crippen MR) is 54.9 cm³/mol. The second kappa shape index (κ2) is 4.26. The maximum atomic E-state index is 11.8. The minimum atomic E-state index is -2.36. The van der Waals surface area contributed by atoms with E-state index in [0.29, 0.717) is 17.6 Å². The van der Waals surface area contributed by atoms with Crippen LogP contribution in [0.5, 0.6) is 0 Å². The second-order valence-corrected chi connectivity index (χ2v) is 6.77. The van der Waals surface area contributed by atoms with E-state index >= 15 is 0 Å². The molecule has 0 aromatic carbocycles. The van der Waals surface area contributed by atoms with Crippen LogP contribution in [0.1, 0.15) is 34.6 Å². The minimum Gasteiger partial charge on any atom is -0.253 e. The van der Waals surface area contributed by atoms with Crippen molar-refractivity contribution in [3.8, 4) is 0 Å². The molecule has 74 valence electrons. The van der Waals surface area contributed by atoms with E-state index in [0.717, 1.165) is 0 Å². The Morgan fingerprint density at radius 3 is 1.83 bits per heavy atom. The van der Waals surface area contributed by atoms with E-state index in [-0.39, 0.29) is 5.25 Å². The molecule has 1 N–H and O–H groups in total.